The molecule has 0 radical (unpaired) electrons. The number of rotatable bonds is 3. The number of ether oxygens (including phenoxy) is 1. The Bertz CT molecular complexity index is 528. The minimum Gasteiger partial charge on any atom is -0.497 e. The Morgan fingerprint density at radius 2 is 1.88 bits per heavy atom. The van der Waals surface area contributed by atoms with Crippen LogP contribution in [0, 0.1) is 0 Å². The highest BCUT2D eigenvalue weighted by molar-refractivity contribution is 7.89. The largest absolute Gasteiger partial charge is 0.497 e. The van der Waals surface area contributed by atoms with Crippen LogP contribution in [0.15, 0.2) is 34.3 Å². The molecule has 1 fully saturated rings. The smallest absolute Gasteiger partial charge is 0.243 e. The van der Waals surface area contributed by atoms with Gasteiger partial charge in [-0.25, -0.2) is 8.42 Å². The van der Waals surface area contributed by atoms with Gasteiger partial charge in [0.15, 0.2) is 0 Å². The van der Waals surface area contributed by atoms with E-state index in [9.17, 15) is 8.42 Å². The van der Waals surface area contributed by atoms with Gasteiger partial charge in [0.25, 0.3) is 0 Å². The van der Waals surface area contributed by atoms with Crippen LogP contribution in [0.3, 0.4) is 0 Å². The Morgan fingerprint density at radius 3 is 2.35 bits per heavy atom. The molecule has 2 rings (SSSR count). The van der Waals surface area contributed by atoms with Gasteiger partial charge in [0.1, 0.15) is 5.75 Å². The highest BCUT2D eigenvalue weighted by Gasteiger charge is 2.34. The van der Waals surface area contributed by atoms with Crippen molar-refractivity contribution in [3.63, 3.8) is 0 Å². The van der Waals surface area contributed by atoms with Gasteiger partial charge >= 0.3 is 0 Å². The molecule has 1 aliphatic rings. The summed E-state index contributed by atoms with van der Waals surface area (Å²) >= 11 is 0. The van der Waals surface area contributed by atoms with Crippen molar-refractivity contribution in [1.82, 2.24) is 4.31 Å². The average Bonchev–Trinajstić information content (AvgIpc) is 2.27. The summed E-state index contributed by atoms with van der Waals surface area (Å²) in [5.41, 5.74) is 0.460. The van der Waals surface area contributed by atoms with E-state index in [1.165, 1.54) is 23.5 Å². The Kier molecular flexibility index (Phi) is 3.03. The molecule has 0 amide bonds. The predicted molar refractivity (Wildman–Crippen MR) is 61.0 cm³/mol. The number of sulfonamides is 1. The molecule has 92 valence electrons. The monoisotopic (exact) mass is 256 g/mol. The maximum Gasteiger partial charge on any atom is 0.243 e. The molecule has 17 heavy (non-hydrogen) atoms. The quantitative estimate of drug-likeness (QED) is 0.632. The minimum absolute atomic E-state index is 0.144. The lowest BCUT2D eigenvalue weighted by molar-refractivity contribution is 0.305. The van der Waals surface area contributed by atoms with Crippen LogP contribution < -0.4 is 4.74 Å². The topological polar surface area (TPSA) is 79.2 Å². The number of hydrogen-bond acceptors (Lipinski definition) is 5. The zero-order valence-electron chi connectivity index (χ0n) is 9.20. The van der Waals surface area contributed by atoms with E-state index in [0.29, 0.717) is 11.5 Å². The molecule has 1 aromatic carbocycles. The molecule has 0 aromatic heterocycles. The Morgan fingerprint density at radius 1 is 1.29 bits per heavy atom. The lowest BCUT2D eigenvalue weighted by Gasteiger charge is -2.30. The Balaban J connectivity index is 2.21. The molecule has 1 N–H and O–H groups in total. The molecular formula is C10H12N2O4S. The van der Waals surface area contributed by atoms with Crippen molar-refractivity contribution in [1.29, 1.82) is 0 Å². The summed E-state index contributed by atoms with van der Waals surface area (Å²) in [4.78, 5) is 0.204. The summed E-state index contributed by atoms with van der Waals surface area (Å²) in [6.07, 6.45) is 0. The number of nitrogens with zero attached hydrogens (tertiary/aromatic N) is 2. The molecule has 1 heterocycles. The van der Waals surface area contributed by atoms with Crippen LogP contribution in [0.1, 0.15) is 0 Å². The maximum absolute atomic E-state index is 12.0. The molecule has 1 aromatic rings. The van der Waals surface area contributed by atoms with Gasteiger partial charge in [0.2, 0.25) is 10.0 Å². The Hall–Kier alpha value is -1.60. The van der Waals surface area contributed by atoms with Gasteiger partial charge in [0, 0.05) is 0 Å². The first-order chi connectivity index (χ1) is 8.07. The molecule has 7 heteroatoms. The number of oxime groups is 1. The van der Waals surface area contributed by atoms with Gasteiger partial charge in [-0.2, -0.15) is 4.31 Å². The first-order valence-corrected chi connectivity index (χ1v) is 6.36. The van der Waals surface area contributed by atoms with E-state index in [-0.39, 0.29) is 18.0 Å². The van der Waals surface area contributed by atoms with Crippen molar-refractivity contribution >= 4 is 15.7 Å². The van der Waals surface area contributed by atoms with E-state index in [4.69, 9.17) is 9.94 Å². The zero-order valence-corrected chi connectivity index (χ0v) is 10.0. The standard InChI is InChI=1S/C10H12N2O4S/c1-16-9-2-4-10(5-3-9)17(14,15)12-6-8(7-12)11-13/h2-5,13H,6-7H2,1H3. The van der Waals surface area contributed by atoms with Crippen LogP contribution in [0.25, 0.3) is 0 Å². The fraction of sp³-hybridized carbons (Fsp3) is 0.300. The van der Waals surface area contributed by atoms with Crippen molar-refractivity contribution in [3.8, 4) is 5.75 Å². The maximum atomic E-state index is 12.0. The van der Waals surface area contributed by atoms with Gasteiger partial charge < -0.3 is 9.94 Å². The van der Waals surface area contributed by atoms with Gasteiger partial charge in [-0.1, -0.05) is 5.16 Å². The fourth-order valence-corrected chi connectivity index (χ4v) is 2.91. The molecular weight excluding hydrogens is 244 g/mol. The molecule has 0 atom stereocenters. The van der Waals surface area contributed by atoms with Crippen molar-refractivity contribution < 1.29 is 18.4 Å². The van der Waals surface area contributed by atoms with E-state index < -0.39 is 10.0 Å². The first kappa shape index (κ1) is 11.9. The van der Waals surface area contributed by atoms with Crippen molar-refractivity contribution in [2.24, 2.45) is 5.16 Å². The summed E-state index contributed by atoms with van der Waals surface area (Å²) in [5, 5.41) is 11.4. The highest BCUT2D eigenvalue weighted by atomic mass is 32.2. The van der Waals surface area contributed by atoms with Crippen LogP contribution in [0.4, 0.5) is 0 Å². The first-order valence-electron chi connectivity index (χ1n) is 4.92. The van der Waals surface area contributed by atoms with E-state index in [1.807, 2.05) is 0 Å². The molecule has 1 saturated heterocycles. The van der Waals surface area contributed by atoms with Gasteiger partial charge in [-0.15, -0.1) is 0 Å². The number of methoxy groups -OCH3 is 1. The van der Waals surface area contributed by atoms with Gasteiger partial charge in [-0.3, -0.25) is 0 Å². The summed E-state index contributed by atoms with van der Waals surface area (Å²) in [6.45, 7) is 0.287. The molecule has 0 spiro atoms. The van der Waals surface area contributed by atoms with Crippen LogP contribution >= 0.6 is 0 Å². The zero-order chi connectivity index (χ0) is 12.5. The molecule has 6 nitrogen and oxygen atoms in total. The minimum atomic E-state index is -3.48. The molecule has 0 aliphatic carbocycles. The predicted octanol–water partition coefficient (Wildman–Crippen LogP) is 0.530. The molecule has 0 bridgehead atoms. The van der Waals surface area contributed by atoms with Crippen LogP contribution in [-0.2, 0) is 10.0 Å². The fourth-order valence-electron chi connectivity index (χ4n) is 1.49. The summed E-state index contributed by atoms with van der Waals surface area (Å²) in [6, 6.07) is 6.16. The third kappa shape index (κ3) is 2.11. The van der Waals surface area contributed by atoms with Crippen LogP contribution in [0.2, 0.25) is 0 Å². The average molecular weight is 256 g/mol. The summed E-state index contributed by atoms with van der Waals surface area (Å²) in [7, 11) is -1.97. The van der Waals surface area contributed by atoms with Crippen LogP contribution in [0.5, 0.6) is 5.75 Å². The van der Waals surface area contributed by atoms with E-state index in [0.717, 1.165) is 0 Å². The van der Waals surface area contributed by atoms with E-state index >= 15 is 0 Å². The second-order valence-electron chi connectivity index (χ2n) is 3.61. The van der Waals surface area contributed by atoms with Crippen molar-refractivity contribution in [2.45, 2.75) is 4.90 Å². The third-order valence-corrected chi connectivity index (χ3v) is 4.36. The third-order valence-electron chi connectivity index (χ3n) is 2.56. The van der Waals surface area contributed by atoms with Crippen molar-refractivity contribution in [3.05, 3.63) is 24.3 Å². The second-order valence-corrected chi connectivity index (χ2v) is 5.55. The summed E-state index contributed by atoms with van der Waals surface area (Å²) in [5.74, 6) is 0.602. The normalized spacial score (nSPS) is 16.4. The second kappa shape index (κ2) is 4.34. The van der Waals surface area contributed by atoms with Crippen molar-refractivity contribution in [2.75, 3.05) is 20.2 Å². The molecule has 0 unspecified atom stereocenters. The summed E-state index contributed by atoms with van der Waals surface area (Å²) < 4.78 is 30.2. The number of benzene rings is 1. The molecule has 1 aliphatic heterocycles. The highest BCUT2D eigenvalue weighted by Crippen LogP contribution is 2.22. The van der Waals surface area contributed by atoms with Gasteiger partial charge in [-0.05, 0) is 24.3 Å². The number of hydrogen-bond donors (Lipinski definition) is 1. The van der Waals surface area contributed by atoms with E-state index in [2.05, 4.69) is 5.16 Å². The Labute approximate surface area is 99.2 Å². The lowest BCUT2D eigenvalue weighted by Crippen LogP contribution is -2.50. The lowest BCUT2D eigenvalue weighted by atomic mass is 10.2. The SMILES string of the molecule is COc1ccc(S(=O)(=O)N2CC(=NO)C2)cc1. The van der Waals surface area contributed by atoms with E-state index in [1.54, 1.807) is 12.1 Å². The molecule has 0 saturated carbocycles. The van der Waals surface area contributed by atoms with Crippen LogP contribution in [-0.4, -0.2) is 43.8 Å². The van der Waals surface area contributed by atoms with Gasteiger partial charge in [0.05, 0.1) is 30.8 Å².